The molecule has 0 saturated carbocycles. The number of hydrogen-bond donors (Lipinski definition) is 0. The Bertz CT molecular complexity index is 647. The Kier molecular flexibility index (Phi) is 7.66. The topological polar surface area (TPSA) is 36.3 Å². The average Bonchev–Trinajstić information content (AvgIpc) is 2.93. The van der Waals surface area contributed by atoms with E-state index in [9.17, 15) is 12.9 Å². The van der Waals surface area contributed by atoms with Crippen LogP contribution >= 0.6 is 0 Å². The van der Waals surface area contributed by atoms with E-state index in [1.807, 2.05) is 13.8 Å². The second kappa shape index (κ2) is 8.57. The van der Waals surface area contributed by atoms with Crippen LogP contribution in [0.25, 0.3) is 0 Å². The fourth-order valence-corrected chi connectivity index (χ4v) is 1.93. The molecule has 0 saturated heterocycles. The molecule has 0 atom stereocenters. The second-order valence-corrected chi connectivity index (χ2v) is 5.15. The van der Waals surface area contributed by atoms with Crippen molar-refractivity contribution in [1.82, 2.24) is 9.78 Å². The van der Waals surface area contributed by atoms with Gasteiger partial charge >= 0.3 is 58.4 Å². The average molecular weight is 352 g/mol. The van der Waals surface area contributed by atoms with Crippen LogP contribution in [0.1, 0.15) is 25.6 Å². The van der Waals surface area contributed by atoms with Gasteiger partial charge in [-0.25, -0.2) is 0 Å². The number of hydrogen-bond acceptors (Lipinski definition) is 3. The summed E-state index contributed by atoms with van der Waals surface area (Å²) in [5.74, 6) is -0.0713. The van der Waals surface area contributed by atoms with Crippen LogP contribution in [-0.4, -0.2) is 23.9 Å². The molecule has 0 unspecified atom stereocenters. The van der Waals surface area contributed by atoms with E-state index < -0.39 is 12.4 Å². The van der Waals surface area contributed by atoms with Gasteiger partial charge in [-0.3, -0.25) is 4.68 Å². The molecule has 1 heterocycles. The van der Waals surface area contributed by atoms with Gasteiger partial charge in [0.2, 0.25) is 0 Å². The first-order valence-corrected chi connectivity index (χ1v) is 6.86. The third-order valence-corrected chi connectivity index (χ3v) is 3.14. The van der Waals surface area contributed by atoms with Crippen molar-refractivity contribution in [3.05, 3.63) is 36.2 Å². The molecule has 0 fully saturated rings. The number of aromatic nitrogens is 2. The van der Waals surface area contributed by atoms with E-state index in [4.69, 9.17) is 9.47 Å². The Hall–Kier alpha value is -0.479. The summed E-state index contributed by atoms with van der Waals surface area (Å²) in [4.78, 5) is 0. The van der Waals surface area contributed by atoms with Gasteiger partial charge in [0.15, 0.2) is 0 Å². The van der Waals surface area contributed by atoms with Gasteiger partial charge in [-0.1, -0.05) is 5.46 Å². The minimum absolute atomic E-state index is 0. The SMILES string of the molecule is COc1ccc(OCc2ccn(C(C)C)n2)c([B-](F)(F)F)c1.[K+]. The molecule has 0 spiro atoms. The maximum absolute atomic E-state index is 13.1. The quantitative estimate of drug-likeness (QED) is 0.693. The van der Waals surface area contributed by atoms with Crippen molar-refractivity contribution in [3.63, 3.8) is 0 Å². The number of halogens is 3. The summed E-state index contributed by atoms with van der Waals surface area (Å²) in [6.07, 6.45) is 1.77. The van der Waals surface area contributed by atoms with E-state index in [1.165, 1.54) is 19.2 Å². The zero-order valence-corrected chi connectivity index (χ0v) is 16.7. The van der Waals surface area contributed by atoms with Crippen LogP contribution in [0, 0.1) is 0 Å². The van der Waals surface area contributed by atoms with Crippen molar-refractivity contribution >= 4 is 12.4 Å². The molecule has 0 radical (unpaired) electrons. The molecular formula is C14H17BF3KN2O2. The first-order chi connectivity index (χ1) is 10.3. The van der Waals surface area contributed by atoms with Gasteiger partial charge in [0.1, 0.15) is 12.4 Å². The zero-order chi connectivity index (χ0) is 16.3. The third-order valence-electron chi connectivity index (χ3n) is 3.14. The van der Waals surface area contributed by atoms with Crippen LogP contribution in [0.3, 0.4) is 0 Å². The minimum Gasteiger partial charge on any atom is -0.497 e. The monoisotopic (exact) mass is 352 g/mol. The molecule has 0 aliphatic carbocycles. The van der Waals surface area contributed by atoms with Crippen LogP contribution in [0.2, 0.25) is 0 Å². The summed E-state index contributed by atoms with van der Waals surface area (Å²) in [6, 6.07) is 5.56. The molecule has 1 aromatic carbocycles. The molecule has 2 rings (SSSR count). The second-order valence-electron chi connectivity index (χ2n) is 5.15. The van der Waals surface area contributed by atoms with Crippen molar-refractivity contribution < 1.29 is 73.8 Å². The maximum atomic E-state index is 13.1. The van der Waals surface area contributed by atoms with Crippen molar-refractivity contribution in [1.29, 1.82) is 0 Å². The number of ether oxygens (including phenoxy) is 2. The smallest absolute Gasteiger partial charge is 0.497 e. The van der Waals surface area contributed by atoms with Gasteiger partial charge in [-0.05, 0) is 38.1 Å². The summed E-state index contributed by atoms with van der Waals surface area (Å²) in [6.45, 7) is -1.28. The molecule has 0 amide bonds. The fraction of sp³-hybridized carbons (Fsp3) is 0.357. The molecule has 9 heteroatoms. The summed E-state index contributed by atoms with van der Waals surface area (Å²) in [5.41, 5.74) is -0.229. The molecule has 0 N–H and O–H groups in total. The Morgan fingerprint density at radius 1 is 1.22 bits per heavy atom. The van der Waals surface area contributed by atoms with Crippen molar-refractivity contribution in [2.75, 3.05) is 7.11 Å². The minimum atomic E-state index is -5.19. The molecular weight excluding hydrogens is 335 g/mol. The predicted molar refractivity (Wildman–Crippen MR) is 78.7 cm³/mol. The van der Waals surface area contributed by atoms with Gasteiger partial charge in [-0.15, -0.1) is 0 Å². The Morgan fingerprint density at radius 2 is 1.91 bits per heavy atom. The molecule has 120 valence electrons. The molecule has 2 aromatic rings. The largest absolute Gasteiger partial charge is 1.00 e. The number of methoxy groups -OCH3 is 1. The number of nitrogens with zero attached hydrogens (tertiary/aromatic N) is 2. The van der Waals surface area contributed by atoms with E-state index in [-0.39, 0.29) is 75.5 Å². The van der Waals surface area contributed by atoms with Gasteiger partial charge in [-0.2, -0.15) is 5.10 Å². The molecule has 0 bridgehead atoms. The van der Waals surface area contributed by atoms with Crippen LogP contribution in [0.15, 0.2) is 30.5 Å². The molecule has 0 aliphatic rings. The zero-order valence-electron chi connectivity index (χ0n) is 13.6. The fourth-order valence-electron chi connectivity index (χ4n) is 1.93. The molecule has 1 aromatic heterocycles. The summed E-state index contributed by atoms with van der Waals surface area (Å²) in [7, 11) is 1.32. The number of benzene rings is 1. The third kappa shape index (κ3) is 5.53. The van der Waals surface area contributed by atoms with Crippen molar-refractivity contribution in [2.45, 2.75) is 26.5 Å². The first kappa shape index (κ1) is 20.6. The van der Waals surface area contributed by atoms with E-state index in [2.05, 4.69) is 5.10 Å². The summed E-state index contributed by atoms with van der Waals surface area (Å²) in [5, 5.41) is 4.24. The summed E-state index contributed by atoms with van der Waals surface area (Å²) < 4.78 is 51.2. The summed E-state index contributed by atoms with van der Waals surface area (Å²) >= 11 is 0. The van der Waals surface area contributed by atoms with E-state index in [0.29, 0.717) is 5.69 Å². The predicted octanol–water partition coefficient (Wildman–Crippen LogP) is 0.110. The Balaban J connectivity index is 0.00000264. The van der Waals surface area contributed by atoms with Gasteiger partial charge < -0.3 is 22.4 Å². The molecule has 23 heavy (non-hydrogen) atoms. The van der Waals surface area contributed by atoms with Gasteiger partial charge in [0.05, 0.1) is 18.6 Å². The van der Waals surface area contributed by atoms with Crippen LogP contribution < -0.4 is 66.3 Å². The first-order valence-electron chi connectivity index (χ1n) is 6.86. The molecule has 4 nitrogen and oxygen atoms in total. The van der Waals surface area contributed by atoms with E-state index in [0.717, 1.165) is 6.07 Å². The maximum Gasteiger partial charge on any atom is 1.00 e. The van der Waals surface area contributed by atoms with Gasteiger partial charge in [0, 0.05) is 12.2 Å². The standard InChI is InChI=1S/C14H17BF3N2O2.K/c1-10(2)20-7-6-11(19-20)9-22-14-5-4-12(21-3)8-13(14)15(16,17)18;/h4-8,10H,9H2,1-3H3;/q-1;+1. The van der Waals surface area contributed by atoms with Gasteiger partial charge in [0.25, 0.3) is 0 Å². The van der Waals surface area contributed by atoms with E-state index in [1.54, 1.807) is 16.9 Å². The molecule has 0 aliphatic heterocycles. The van der Waals surface area contributed by atoms with Crippen LogP contribution in [-0.2, 0) is 6.61 Å². The normalized spacial score (nSPS) is 11.3. The number of rotatable bonds is 6. The Morgan fingerprint density at radius 3 is 2.43 bits per heavy atom. The van der Waals surface area contributed by atoms with E-state index >= 15 is 0 Å². The Labute approximate surface area is 175 Å². The van der Waals surface area contributed by atoms with Crippen molar-refractivity contribution in [2.24, 2.45) is 0 Å². The van der Waals surface area contributed by atoms with Crippen LogP contribution in [0.4, 0.5) is 12.9 Å². The van der Waals surface area contributed by atoms with Crippen LogP contribution in [0.5, 0.6) is 11.5 Å². The van der Waals surface area contributed by atoms with Crippen molar-refractivity contribution in [3.8, 4) is 11.5 Å².